The molecule has 0 saturated heterocycles. The third kappa shape index (κ3) is 12.8. The first kappa shape index (κ1) is 31.1. The molecule has 0 atom stereocenters. The van der Waals surface area contributed by atoms with Crippen molar-refractivity contribution in [3.05, 3.63) is 72.3 Å². The van der Waals surface area contributed by atoms with E-state index in [1.54, 1.807) is 38.4 Å². The van der Waals surface area contributed by atoms with Crippen LogP contribution in [-0.2, 0) is 20.8 Å². The van der Waals surface area contributed by atoms with Crippen molar-refractivity contribution < 1.29 is 29.0 Å². The van der Waals surface area contributed by atoms with Crippen molar-refractivity contribution in [1.82, 2.24) is 4.90 Å². The number of anilines is 1. The maximum atomic E-state index is 12.3. The molecule has 0 aliphatic rings. The Morgan fingerprint density at radius 1 is 0.974 bits per heavy atom. The van der Waals surface area contributed by atoms with Gasteiger partial charge in [0.2, 0.25) is 11.8 Å². The van der Waals surface area contributed by atoms with E-state index in [1.807, 2.05) is 24.3 Å². The van der Waals surface area contributed by atoms with Gasteiger partial charge >= 0.3 is 5.97 Å². The molecule has 0 aromatic heterocycles. The Balaban J connectivity index is 1.80. The standard InChI is InChI=1S/C31H40N2O6/c1-4-21-38-27-17-13-24(14-18-27)10-7-5-6-8-22-39-28-19-16-26(23-25(28)15-20-31(36)37)32-29(34)11-9-12-30(35)33(2)3/h4,7,10,13-14,16-19,23H,1,5-6,8-9,11-12,15,20-22H2,2-3H3,(H,32,34)(H,36,37). The molecule has 0 aliphatic carbocycles. The van der Waals surface area contributed by atoms with Crippen LogP contribution in [0, 0.1) is 0 Å². The Morgan fingerprint density at radius 2 is 1.74 bits per heavy atom. The monoisotopic (exact) mass is 536 g/mol. The summed E-state index contributed by atoms with van der Waals surface area (Å²) in [5.41, 5.74) is 2.42. The molecule has 8 heteroatoms. The SMILES string of the molecule is C=CCOc1ccc(C=CCCCCOc2ccc(NC(=O)CCCC(=O)N(C)C)cc2CCC(=O)O)cc1. The quantitative estimate of drug-likeness (QED) is 0.186. The van der Waals surface area contributed by atoms with Crippen molar-refractivity contribution in [2.45, 2.75) is 51.4 Å². The number of carboxylic acid groups (broad SMARTS) is 1. The molecule has 2 N–H and O–H groups in total. The summed E-state index contributed by atoms with van der Waals surface area (Å²) in [6.45, 7) is 4.64. The van der Waals surface area contributed by atoms with Crippen molar-refractivity contribution in [3.63, 3.8) is 0 Å². The van der Waals surface area contributed by atoms with Crippen LogP contribution in [0.25, 0.3) is 6.08 Å². The summed E-state index contributed by atoms with van der Waals surface area (Å²) in [5, 5.41) is 12.0. The molecule has 0 unspecified atom stereocenters. The van der Waals surface area contributed by atoms with Gasteiger partial charge in [-0.05, 0) is 73.6 Å². The number of ether oxygens (including phenoxy) is 2. The van der Waals surface area contributed by atoms with E-state index in [-0.39, 0.29) is 24.7 Å². The molecular weight excluding hydrogens is 496 g/mol. The minimum Gasteiger partial charge on any atom is -0.493 e. The number of carbonyl (C=O) groups is 3. The lowest BCUT2D eigenvalue weighted by Crippen LogP contribution is -2.21. The highest BCUT2D eigenvalue weighted by molar-refractivity contribution is 5.91. The number of hydrogen-bond acceptors (Lipinski definition) is 5. The van der Waals surface area contributed by atoms with Crippen LogP contribution in [0.2, 0.25) is 0 Å². The average molecular weight is 537 g/mol. The van der Waals surface area contributed by atoms with Crippen molar-refractivity contribution in [3.8, 4) is 11.5 Å². The molecule has 0 heterocycles. The van der Waals surface area contributed by atoms with E-state index in [1.165, 1.54) is 4.90 Å². The summed E-state index contributed by atoms with van der Waals surface area (Å²) in [6, 6.07) is 13.2. The zero-order valence-corrected chi connectivity index (χ0v) is 23.0. The average Bonchev–Trinajstić information content (AvgIpc) is 2.91. The van der Waals surface area contributed by atoms with Crippen molar-refractivity contribution in [1.29, 1.82) is 0 Å². The van der Waals surface area contributed by atoms with Gasteiger partial charge < -0.3 is 24.8 Å². The predicted octanol–water partition coefficient (Wildman–Crippen LogP) is 5.73. The fourth-order valence-corrected chi connectivity index (χ4v) is 3.68. The molecule has 0 radical (unpaired) electrons. The molecule has 8 nitrogen and oxygen atoms in total. The molecule has 39 heavy (non-hydrogen) atoms. The van der Waals surface area contributed by atoms with Gasteiger partial charge in [-0.1, -0.05) is 36.9 Å². The van der Waals surface area contributed by atoms with E-state index in [2.05, 4.69) is 24.0 Å². The first-order valence-corrected chi connectivity index (χ1v) is 13.3. The molecule has 0 saturated carbocycles. The Labute approximate surface area is 231 Å². The lowest BCUT2D eigenvalue weighted by atomic mass is 10.1. The van der Waals surface area contributed by atoms with Gasteiger partial charge in [-0.15, -0.1) is 0 Å². The second-order valence-electron chi connectivity index (χ2n) is 9.32. The normalized spacial score (nSPS) is 10.7. The molecule has 2 aromatic rings. The number of nitrogens with one attached hydrogen (secondary N) is 1. The van der Waals surface area contributed by atoms with E-state index >= 15 is 0 Å². The maximum Gasteiger partial charge on any atom is 0.303 e. The fraction of sp³-hybridized carbons (Fsp3) is 0.387. The van der Waals surface area contributed by atoms with Gasteiger partial charge in [-0.2, -0.15) is 0 Å². The van der Waals surface area contributed by atoms with Crippen LogP contribution >= 0.6 is 0 Å². The third-order valence-corrected chi connectivity index (χ3v) is 5.83. The molecule has 0 fully saturated rings. The molecule has 0 bridgehead atoms. The van der Waals surface area contributed by atoms with Crippen LogP contribution in [0.5, 0.6) is 11.5 Å². The van der Waals surface area contributed by atoms with Gasteiger partial charge in [0.1, 0.15) is 18.1 Å². The number of aliphatic carboxylic acids is 1. The number of unbranched alkanes of at least 4 members (excludes halogenated alkanes) is 2. The second kappa shape index (κ2) is 17.4. The summed E-state index contributed by atoms with van der Waals surface area (Å²) in [6.07, 6.45) is 9.90. The number of benzene rings is 2. The Morgan fingerprint density at radius 3 is 2.44 bits per heavy atom. The molecular formula is C31H40N2O6. The fourth-order valence-electron chi connectivity index (χ4n) is 3.68. The van der Waals surface area contributed by atoms with E-state index in [0.29, 0.717) is 43.9 Å². The molecule has 2 aromatic carbocycles. The van der Waals surface area contributed by atoms with E-state index in [4.69, 9.17) is 14.6 Å². The van der Waals surface area contributed by atoms with Crippen LogP contribution in [-0.4, -0.2) is 55.1 Å². The predicted molar refractivity (Wildman–Crippen MR) is 154 cm³/mol. The van der Waals surface area contributed by atoms with E-state index < -0.39 is 5.97 Å². The molecule has 0 spiro atoms. The smallest absolute Gasteiger partial charge is 0.303 e. The third-order valence-electron chi connectivity index (χ3n) is 5.83. The summed E-state index contributed by atoms with van der Waals surface area (Å²) < 4.78 is 11.4. The van der Waals surface area contributed by atoms with Gasteiger partial charge in [0, 0.05) is 39.0 Å². The highest BCUT2D eigenvalue weighted by atomic mass is 16.5. The molecule has 2 amide bonds. The van der Waals surface area contributed by atoms with Crippen molar-refractivity contribution in [2.24, 2.45) is 0 Å². The molecule has 210 valence electrons. The highest BCUT2D eigenvalue weighted by Gasteiger charge is 2.11. The Bertz CT molecular complexity index is 1110. The number of rotatable bonds is 18. The van der Waals surface area contributed by atoms with Crippen LogP contribution in [0.15, 0.2) is 61.2 Å². The number of amides is 2. The number of nitrogens with zero attached hydrogens (tertiary/aromatic N) is 1. The number of carbonyl (C=O) groups excluding carboxylic acids is 2. The minimum atomic E-state index is -0.897. The maximum absolute atomic E-state index is 12.3. The molecule has 2 rings (SSSR count). The van der Waals surface area contributed by atoms with E-state index in [9.17, 15) is 14.4 Å². The first-order chi connectivity index (χ1) is 18.8. The van der Waals surface area contributed by atoms with Crippen LogP contribution in [0.3, 0.4) is 0 Å². The van der Waals surface area contributed by atoms with E-state index in [0.717, 1.165) is 36.1 Å². The number of hydrogen-bond donors (Lipinski definition) is 2. The summed E-state index contributed by atoms with van der Waals surface area (Å²) in [4.78, 5) is 36.6. The molecule has 0 aliphatic heterocycles. The summed E-state index contributed by atoms with van der Waals surface area (Å²) in [7, 11) is 3.37. The zero-order chi connectivity index (χ0) is 28.5. The van der Waals surface area contributed by atoms with Gasteiger partial charge in [0.25, 0.3) is 0 Å². The Kier molecular flexibility index (Phi) is 13.9. The minimum absolute atomic E-state index is 0.0170. The largest absolute Gasteiger partial charge is 0.493 e. The first-order valence-electron chi connectivity index (χ1n) is 13.3. The second-order valence-corrected chi connectivity index (χ2v) is 9.32. The number of allylic oxidation sites excluding steroid dienone is 1. The van der Waals surface area contributed by atoms with Crippen LogP contribution in [0.1, 0.15) is 56.1 Å². The lowest BCUT2D eigenvalue weighted by Gasteiger charge is -2.14. The van der Waals surface area contributed by atoms with Crippen LogP contribution in [0.4, 0.5) is 5.69 Å². The van der Waals surface area contributed by atoms with Crippen molar-refractivity contribution >= 4 is 29.5 Å². The number of aryl methyl sites for hydroxylation is 1. The van der Waals surface area contributed by atoms with Gasteiger partial charge in [0.15, 0.2) is 0 Å². The highest BCUT2D eigenvalue weighted by Crippen LogP contribution is 2.25. The van der Waals surface area contributed by atoms with Crippen molar-refractivity contribution in [2.75, 3.05) is 32.6 Å². The van der Waals surface area contributed by atoms with Crippen LogP contribution < -0.4 is 14.8 Å². The number of carboxylic acids is 1. The summed E-state index contributed by atoms with van der Waals surface area (Å²) in [5.74, 6) is 0.337. The van der Waals surface area contributed by atoms with Gasteiger partial charge in [0.05, 0.1) is 6.61 Å². The lowest BCUT2D eigenvalue weighted by molar-refractivity contribution is -0.137. The summed E-state index contributed by atoms with van der Waals surface area (Å²) >= 11 is 0. The van der Waals surface area contributed by atoms with Gasteiger partial charge in [-0.25, -0.2) is 0 Å². The zero-order valence-electron chi connectivity index (χ0n) is 23.0. The van der Waals surface area contributed by atoms with Gasteiger partial charge in [-0.3, -0.25) is 14.4 Å². The topological polar surface area (TPSA) is 105 Å². The Hall–Kier alpha value is -4.07.